The summed E-state index contributed by atoms with van der Waals surface area (Å²) < 4.78 is 0. The van der Waals surface area contributed by atoms with Gasteiger partial charge in [0.15, 0.2) is 0 Å². The zero-order valence-corrected chi connectivity index (χ0v) is 10.3. The van der Waals surface area contributed by atoms with Gasteiger partial charge >= 0.3 is 0 Å². The molecule has 0 aromatic rings. The molecule has 2 atom stereocenters. The highest BCUT2D eigenvalue weighted by Crippen LogP contribution is 2.18. The first-order valence-corrected chi connectivity index (χ1v) is 6.05. The molecular weight excluding hydrogens is 170 g/mol. The van der Waals surface area contributed by atoms with Gasteiger partial charge in [0.05, 0.1) is 0 Å². The summed E-state index contributed by atoms with van der Waals surface area (Å²) in [6.45, 7) is 10.2. The van der Waals surface area contributed by atoms with Crippen molar-refractivity contribution in [2.45, 2.75) is 53.4 Å². The van der Waals surface area contributed by atoms with E-state index in [0.29, 0.717) is 0 Å². The molecule has 84 valence electrons. The molecule has 0 amide bonds. The second-order valence-electron chi connectivity index (χ2n) is 4.45. The van der Waals surface area contributed by atoms with Crippen molar-refractivity contribution in [1.82, 2.24) is 5.32 Å². The Morgan fingerprint density at radius 1 is 1.21 bits per heavy atom. The Labute approximate surface area is 90.0 Å². The summed E-state index contributed by atoms with van der Waals surface area (Å²) in [5, 5.41) is 3.28. The summed E-state index contributed by atoms with van der Waals surface area (Å²) in [6, 6.07) is 0. The van der Waals surface area contributed by atoms with Crippen LogP contribution in [0.4, 0.5) is 0 Å². The fourth-order valence-electron chi connectivity index (χ4n) is 1.73. The summed E-state index contributed by atoms with van der Waals surface area (Å²) >= 11 is 0. The molecule has 0 bridgehead atoms. The lowest BCUT2D eigenvalue weighted by Gasteiger charge is -2.15. The smallest absolute Gasteiger partial charge is 0.0141 e. The Morgan fingerprint density at radius 2 is 1.93 bits per heavy atom. The topological polar surface area (TPSA) is 12.0 Å². The summed E-state index contributed by atoms with van der Waals surface area (Å²) in [5.41, 5.74) is 0. The fraction of sp³-hybridized carbons (Fsp3) is 0.846. The van der Waals surface area contributed by atoms with Crippen LogP contribution in [0.5, 0.6) is 0 Å². The van der Waals surface area contributed by atoms with E-state index >= 15 is 0 Å². The van der Waals surface area contributed by atoms with Crippen molar-refractivity contribution in [3.8, 4) is 0 Å². The van der Waals surface area contributed by atoms with Crippen LogP contribution in [0.15, 0.2) is 12.3 Å². The van der Waals surface area contributed by atoms with Crippen molar-refractivity contribution >= 4 is 0 Å². The van der Waals surface area contributed by atoms with Gasteiger partial charge < -0.3 is 5.32 Å². The maximum Gasteiger partial charge on any atom is 0.0141 e. The van der Waals surface area contributed by atoms with Gasteiger partial charge in [-0.15, -0.1) is 0 Å². The van der Waals surface area contributed by atoms with E-state index in [1.54, 1.807) is 0 Å². The highest BCUT2D eigenvalue weighted by molar-refractivity contribution is 4.73. The van der Waals surface area contributed by atoms with Crippen molar-refractivity contribution in [2.75, 3.05) is 6.54 Å². The number of nitrogens with one attached hydrogen (secondary N) is 1. The van der Waals surface area contributed by atoms with Crippen molar-refractivity contribution < 1.29 is 0 Å². The molecule has 1 nitrogen and oxygen atoms in total. The van der Waals surface area contributed by atoms with E-state index in [4.69, 9.17) is 0 Å². The molecule has 0 rings (SSSR count). The molecule has 0 saturated heterocycles. The van der Waals surface area contributed by atoms with Crippen molar-refractivity contribution in [3.05, 3.63) is 12.3 Å². The third-order valence-electron chi connectivity index (χ3n) is 2.80. The third-order valence-corrected chi connectivity index (χ3v) is 2.80. The van der Waals surface area contributed by atoms with Gasteiger partial charge in [0.25, 0.3) is 0 Å². The average molecular weight is 197 g/mol. The lowest BCUT2D eigenvalue weighted by molar-refractivity contribution is 0.379. The van der Waals surface area contributed by atoms with Crippen LogP contribution < -0.4 is 5.32 Å². The molecule has 0 aliphatic carbocycles. The molecule has 0 radical (unpaired) electrons. The quantitative estimate of drug-likeness (QED) is 0.581. The van der Waals surface area contributed by atoms with Crippen LogP contribution in [0.1, 0.15) is 53.4 Å². The molecule has 1 N–H and O–H groups in total. The first-order valence-electron chi connectivity index (χ1n) is 6.05. The predicted molar refractivity (Wildman–Crippen MR) is 65.3 cm³/mol. The van der Waals surface area contributed by atoms with Crippen LogP contribution in [-0.2, 0) is 0 Å². The minimum absolute atomic E-state index is 0.886. The largest absolute Gasteiger partial charge is 0.391 e. The van der Waals surface area contributed by atoms with E-state index in [1.165, 1.54) is 25.7 Å². The molecule has 0 aliphatic heterocycles. The Kier molecular flexibility index (Phi) is 8.81. The van der Waals surface area contributed by atoms with Crippen molar-refractivity contribution in [1.29, 1.82) is 0 Å². The second kappa shape index (κ2) is 9.11. The molecule has 0 heterocycles. The fourth-order valence-corrected chi connectivity index (χ4v) is 1.73. The lowest BCUT2D eigenvalue weighted by atomic mass is 9.92. The molecule has 1 heteroatoms. The molecule has 0 saturated carbocycles. The zero-order valence-electron chi connectivity index (χ0n) is 10.3. The highest BCUT2D eigenvalue weighted by atomic mass is 14.8. The maximum atomic E-state index is 3.28. The van der Waals surface area contributed by atoms with Gasteiger partial charge in [0, 0.05) is 6.54 Å². The lowest BCUT2D eigenvalue weighted by Crippen LogP contribution is -2.09. The summed E-state index contributed by atoms with van der Waals surface area (Å²) in [4.78, 5) is 0. The second-order valence-corrected chi connectivity index (χ2v) is 4.45. The predicted octanol–water partition coefficient (Wildman–Crippen LogP) is 3.96. The van der Waals surface area contributed by atoms with Gasteiger partial charge in [-0.3, -0.25) is 0 Å². The van der Waals surface area contributed by atoms with Crippen LogP contribution >= 0.6 is 0 Å². The normalized spacial score (nSPS) is 15.7. The Balaban J connectivity index is 3.30. The standard InChI is InChI=1S/C13H27N/c1-5-9-14-10-7-8-13(4)11-12(3)6-2/h5,9,12-14H,6-8,10-11H2,1-4H3/b9-5-. The van der Waals surface area contributed by atoms with Crippen LogP contribution in [0.2, 0.25) is 0 Å². The highest BCUT2D eigenvalue weighted by Gasteiger charge is 2.06. The van der Waals surface area contributed by atoms with Crippen LogP contribution in [0.3, 0.4) is 0 Å². The Bertz CT molecular complexity index is 140. The van der Waals surface area contributed by atoms with Gasteiger partial charge in [0.1, 0.15) is 0 Å². The van der Waals surface area contributed by atoms with Gasteiger partial charge in [-0.1, -0.05) is 33.3 Å². The van der Waals surface area contributed by atoms with Gasteiger partial charge in [0.2, 0.25) is 0 Å². The van der Waals surface area contributed by atoms with Crippen molar-refractivity contribution in [3.63, 3.8) is 0 Å². The molecule has 0 aromatic heterocycles. The van der Waals surface area contributed by atoms with E-state index < -0.39 is 0 Å². The minimum Gasteiger partial charge on any atom is -0.391 e. The number of allylic oxidation sites excluding steroid dienone is 1. The van der Waals surface area contributed by atoms with Crippen LogP contribution in [0, 0.1) is 11.8 Å². The van der Waals surface area contributed by atoms with Crippen molar-refractivity contribution in [2.24, 2.45) is 11.8 Å². The van der Waals surface area contributed by atoms with Gasteiger partial charge in [-0.25, -0.2) is 0 Å². The van der Waals surface area contributed by atoms with Crippen LogP contribution in [-0.4, -0.2) is 6.54 Å². The molecule has 2 unspecified atom stereocenters. The molecule has 0 aliphatic rings. The van der Waals surface area contributed by atoms with E-state index in [-0.39, 0.29) is 0 Å². The van der Waals surface area contributed by atoms with Gasteiger partial charge in [-0.05, 0) is 44.2 Å². The Morgan fingerprint density at radius 3 is 2.50 bits per heavy atom. The third kappa shape index (κ3) is 8.15. The summed E-state index contributed by atoms with van der Waals surface area (Å²) in [7, 11) is 0. The number of rotatable bonds is 8. The Hall–Kier alpha value is -0.460. The first kappa shape index (κ1) is 13.5. The molecular formula is C13H27N. The van der Waals surface area contributed by atoms with E-state index in [1.807, 2.05) is 19.2 Å². The average Bonchev–Trinajstić information content (AvgIpc) is 2.17. The summed E-state index contributed by atoms with van der Waals surface area (Å²) in [5.74, 6) is 1.78. The SMILES string of the molecule is C/C=C\NCCCC(C)CC(C)CC. The monoisotopic (exact) mass is 197 g/mol. The number of hydrogen-bond acceptors (Lipinski definition) is 1. The van der Waals surface area contributed by atoms with E-state index in [9.17, 15) is 0 Å². The molecule has 0 aromatic carbocycles. The first-order chi connectivity index (χ1) is 6.70. The van der Waals surface area contributed by atoms with E-state index in [2.05, 4.69) is 26.1 Å². The molecule has 0 fully saturated rings. The zero-order chi connectivity index (χ0) is 10.8. The summed E-state index contributed by atoms with van der Waals surface area (Å²) in [6.07, 6.45) is 9.43. The minimum atomic E-state index is 0.886. The maximum absolute atomic E-state index is 3.28. The molecule has 0 spiro atoms. The van der Waals surface area contributed by atoms with Crippen LogP contribution in [0.25, 0.3) is 0 Å². The van der Waals surface area contributed by atoms with E-state index in [0.717, 1.165) is 18.4 Å². The molecule has 14 heavy (non-hydrogen) atoms. The number of hydrogen-bond donors (Lipinski definition) is 1. The van der Waals surface area contributed by atoms with Gasteiger partial charge in [-0.2, -0.15) is 0 Å².